The van der Waals surface area contributed by atoms with Crippen LogP contribution in [-0.2, 0) is 16.1 Å². The van der Waals surface area contributed by atoms with Crippen molar-refractivity contribution in [1.82, 2.24) is 10.2 Å². The predicted molar refractivity (Wildman–Crippen MR) is 93.0 cm³/mol. The van der Waals surface area contributed by atoms with Gasteiger partial charge in [0, 0.05) is 33.7 Å². The number of carbonyl (C=O) groups is 1. The summed E-state index contributed by atoms with van der Waals surface area (Å²) in [6, 6.07) is 6.06. The van der Waals surface area contributed by atoms with Crippen LogP contribution in [0.25, 0.3) is 0 Å². The van der Waals surface area contributed by atoms with E-state index in [1.807, 2.05) is 0 Å². The van der Waals surface area contributed by atoms with Crippen LogP contribution in [0.15, 0.2) is 24.3 Å². The first-order valence-electron chi connectivity index (χ1n) is 9.10. The van der Waals surface area contributed by atoms with Crippen LogP contribution in [0.4, 0.5) is 13.2 Å². The van der Waals surface area contributed by atoms with Crippen molar-refractivity contribution in [2.45, 2.75) is 44.8 Å². The fourth-order valence-electron chi connectivity index (χ4n) is 4.37. The lowest BCUT2D eigenvalue weighted by molar-refractivity contribution is -0.274. The highest BCUT2D eigenvalue weighted by atomic mass is 19.4. The minimum atomic E-state index is -4.67. The third-order valence-electron chi connectivity index (χ3n) is 5.45. The summed E-state index contributed by atoms with van der Waals surface area (Å²) in [5.41, 5.74) is 0.949. The predicted octanol–water partition coefficient (Wildman–Crippen LogP) is 2.95. The number of rotatable bonds is 5. The molecule has 0 bridgehead atoms. The molecule has 1 N–H and O–H groups in total. The molecule has 0 spiro atoms. The van der Waals surface area contributed by atoms with Gasteiger partial charge < -0.3 is 14.8 Å². The van der Waals surface area contributed by atoms with E-state index in [4.69, 9.17) is 4.74 Å². The molecule has 2 fully saturated rings. The van der Waals surface area contributed by atoms with Crippen molar-refractivity contribution >= 4 is 5.91 Å². The van der Waals surface area contributed by atoms with Crippen LogP contribution in [0.2, 0.25) is 0 Å². The maximum atomic E-state index is 12.2. The molecule has 1 aliphatic heterocycles. The highest BCUT2D eigenvalue weighted by molar-refractivity contribution is 5.73. The molecule has 4 atom stereocenters. The Morgan fingerprint density at radius 1 is 1.19 bits per heavy atom. The van der Waals surface area contributed by atoms with Gasteiger partial charge in [0.15, 0.2) is 0 Å². The summed E-state index contributed by atoms with van der Waals surface area (Å²) in [5.74, 6) is 0.743. The fraction of sp³-hybridized carbons (Fsp3) is 0.632. The van der Waals surface area contributed by atoms with E-state index in [-0.39, 0.29) is 23.8 Å². The minimum absolute atomic E-state index is 0.0221. The molecule has 0 aromatic heterocycles. The Hall–Kier alpha value is -1.80. The molecular weight excluding hydrogens is 361 g/mol. The number of fused-ring (bicyclic) bond motifs is 1. The molecule has 1 aliphatic carbocycles. The van der Waals surface area contributed by atoms with Crippen molar-refractivity contribution in [2.24, 2.45) is 11.8 Å². The zero-order chi connectivity index (χ0) is 19.6. The molecule has 0 unspecified atom stereocenters. The number of hydrogen-bond acceptors (Lipinski definition) is 4. The Balaban J connectivity index is 1.57. The minimum Gasteiger partial charge on any atom is -0.406 e. The van der Waals surface area contributed by atoms with Crippen LogP contribution >= 0.6 is 0 Å². The molecular formula is C19H25F3N2O3. The Morgan fingerprint density at radius 2 is 1.81 bits per heavy atom. The van der Waals surface area contributed by atoms with Crippen LogP contribution in [0.1, 0.15) is 25.3 Å². The van der Waals surface area contributed by atoms with E-state index < -0.39 is 6.36 Å². The first kappa shape index (κ1) is 19.9. The molecule has 1 aromatic carbocycles. The molecule has 0 radical (unpaired) electrons. The Morgan fingerprint density at radius 3 is 2.37 bits per heavy atom. The molecule has 2 aliphatic rings. The van der Waals surface area contributed by atoms with Gasteiger partial charge in [-0.05, 0) is 42.4 Å². The molecule has 8 heteroatoms. The third-order valence-corrected chi connectivity index (χ3v) is 5.45. The van der Waals surface area contributed by atoms with Crippen molar-refractivity contribution < 1.29 is 27.4 Å². The van der Waals surface area contributed by atoms with Gasteiger partial charge in [0.2, 0.25) is 5.91 Å². The van der Waals surface area contributed by atoms with Gasteiger partial charge in [-0.2, -0.15) is 0 Å². The van der Waals surface area contributed by atoms with E-state index in [0.29, 0.717) is 18.4 Å². The maximum Gasteiger partial charge on any atom is 0.573 e. The van der Waals surface area contributed by atoms with Crippen LogP contribution in [-0.4, -0.2) is 49.5 Å². The lowest BCUT2D eigenvalue weighted by Gasteiger charge is -2.37. The molecule has 1 aromatic rings. The summed E-state index contributed by atoms with van der Waals surface area (Å²) >= 11 is 0. The molecule has 1 saturated carbocycles. The van der Waals surface area contributed by atoms with Gasteiger partial charge in [0.05, 0.1) is 12.1 Å². The van der Waals surface area contributed by atoms with Crippen LogP contribution in [0, 0.1) is 11.8 Å². The average Bonchev–Trinajstić information content (AvgIpc) is 2.95. The van der Waals surface area contributed by atoms with Crippen molar-refractivity contribution in [2.75, 3.05) is 20.2 Å². The van der Waals surface area contributed by atoms with E-state index in [1.165, 1.54) is 19.1 Å². The normalized spacial score (nSPS) is 28.6. The van der Waals surface area contributed by atoms with Crippen LogP contribution in [0.5, 0.6) is 5.75 Å². The summed E-state index contributed by atoms with van der Waals surface area (Å²) in [5, 5.41) is 3.00. The summed E-state index contributed by atoms with van der Waals surface area (Å²) in [6.45, 7) is 4.05. The number of ether oxygens (including phenoxy) is 2. The van der Waals surface area contributed by atoms with E-state index in [2.05, 4.69) is 15.0 Å². The maximum absolute atomic E-state index is 12.2. The highest BCUT2D eigenvalue weighted by Gasteiger charge is 2.42. The van der Waals surface area contributed by atoms with Crippen molar-refractivity contribution in [3.05, 3.63) is 29.8 Å². The topological polar surface area (TPSA) is 50.8 Å². The molecule has 1 amide bonds. The van der Waals surface area contributed by atoms with Gasteiger partial charge in [0.25, 0.3) is 0 Å². The Labute approximate surface area is 156 Å². The molecule has 1 heterocycles. The lowest BCUT2D eigenvalue weighted by Crippen LogP contribution is -2.49. The number of nitrogens with zero attached hydrogens (tertiary/aromatic N) is 1. The number of amides is 1. The molecule has 27 heavy (non-hydrogen) atoms. The second kappa shape index (κ2) is 8.06. The number of likely N-dealkylation sites (tertiary alicyclic amines) is 1. The summed E-state index contributed by atoms with van der Waals surface area (Å²) in [6.07, 6.45) is -2.86. The first-order chi connectivity index (χ1) is 12.7. The van der Waals surface area contributed by atoms with Gasteiger partial charge in [-0.1, -0.05) is 12.1 Å². The van der Waals surface area contributed by atoms with Crippen LogP contribution in [0.3, 0.4) is 0 Å². The van der Waals surface area contributed by atoms with Gasteiger partial charge >= 0.3 is 6.36 Å². The number of halogens is 3. The first-order valence-corrected chi connectivity index (χ1v) is 9.10. The molecule has 150 valence electrons. The standard InChI is InChI=1S/C19H25F3N2O3/c1-12(25)23-17-7-14-10-24(11-15(14)8-18(17)26-2)9-13-3-5-16(6-4-13)27-19(20,21)22/h3-6,14-15,17-18H,7-11H2,1-2H3,(H,23,25)/t14-,15+,17-,18-/m1/s1. The van der Waals surface area contributed by atoms with E-state index in [1.54, 1.807) is 19.2 Å². The second-order valence-electron chi connectivity index (χ2n) is 7.46. The van der Waals surface area contributed by atoms with Crippen LogP contribution < -0.4 is 10.1 Å². The number of hydrogen-bond donors (Lipinski definition) is 1. The van der Waals surface area contributed by atoms with Gasteiger partial charge in [-0.15, -0.1) is 13.2 Å². The largest absolute Gasteiger partial charge is 0.573 e. The summed E-state index contributed by atoms with van der Waals surface area (Å²) in [4.78, 5) is 13.7. The highest BCUT2D eigenvalue weighted by Crippen LogP contribution is 2.38. The van der Waals surface area contributed by atoms with Gasteiger partial charge in [-0.3, -0.25) is 9.69 Å². The van der Waals surface area contributed by atoms with E-state index in [9.17, 15) is 18.0 Å². The fourth-order valence-corrected chi connectivity index (χ4v) is 4.37. The van der Waals surface area contributed by atoms with E-state index in [0.717, 1.165) is 31.5 Å². The Kier molecular flexibility index (Phi) is 5.95. The zero-order valence-electron chi connectivity index (χ0n) is 15.5. The van der Waals surface area contributed by atoms with E-state index >= 15 is 0 Å². The molecule has 5 nitrogen and oxygen atoms in total. The smallest absolute Gasteiger partial charge is 0.406 e. The zero-order valence-corrected chi connectivity index (χ0v) is 15.5. The quantitative estimate of drug-likeness (QED) is 0.846. The number of nitrogens with one attached hydrogen (secondary N) is 1. The van der Waals surface area contributed by atoms with Crippen molar-refractivity contribution in [1.29, 1.82) is 0 Å². The molecule has 1 saturated heterocycles. The Bertz CT molecular complexity index is 651. The second-order valence-corrected chi connectivity index (χ2v) is 7.46. The lowest BCUT2D eigenvalue weighted by atomic mass is 9.77. The number of carbonyl (C=O) groups excluding carboxylic acids is 1. The average molecular weight is 386 g/mol. The SMILES string of the molecule is CO[C@@H]1C[C@H]2CN(Cc3ccc(OC(F)(F)F)cc3)C[C@H]2C[C@H]1NC(C)=O. The number of alkyl halides is 3. The molecule has 3 rings (SSSR count). The summed E-state index contributed by atoms with van der Waals surface area (Å²) < 4.78 is 46.2. The number of benzene rings is 1. The number of methoxy groups -OCH3 is 1. The van der Waals surface area contributed by atoms with Crippen molar-refractivity contribution in [3.8, 4) is 5.75 Å². The van der Waals surface area contributed by atoms with Gasteiger partial charge in [0.1, 0.15) is 5.75 Å². The third kappa shape index (κ3) is 5.35. The monoisotopic (exact) mass is 386 g/mol. The van der Waals surface area contributed by atoms with Gasteiger partial charge in [-0.25, -0.2) is 0 Å². The van der Waals surface area contributed by atoms with Crippen molar-refractivity contribution in [3.63, 3.8) is 0 Å². The summed E-state index contributed by atoms with van der Waals surface area (Å²) in [7, 11) is 1.68.